The zero-order valence-electron chi connectivity index (χ0n) is 12.0. The third-order valence-electron chi connectivity index (χ3n) is 2.91. The molecular formula is C12H24N2O4S. The molecule has 0 rings (SSSR count). The third kappa shape index (κ3) is 7.27. The molecule has 0 fully saturated rings. The Morgan fingerprint density at radius 1 is 1.47 bits per heavy atom. The summed E-state index contributed by atoms with van der Waals surface area (Å²) in [6, 6.07) is -0.0243. The Labute approximate surface area is 118 Å². The Hall–Kier alpha value is -0.950. The lowest BCUT2D eigenvalue weighted by Gasteiger charge is -2.27. The lowest BCUT2D eigenvalue weighted by molar-refractivity contribution is -0.139. The van der Waals surface area contributed by atoms with E-state index in [2.05, 4.69) is 5.32 Å². The smallest absolute Gasteiger partial charge is 0.317 e. The van der Waals surface area contributed by atoms with Crippen molar-refractivity contribution in [2.75, 3.05) is 32.7 Å². The van der Waals surface area contributed by atoms with Crippen LogP contribution < -0.4 is 5.32 Å². The van der Waals surface area contributed by atoms with Crippen LogP contribution in [0.1, 0.15) is 19.8 Å². The van der Waals surface area contributed by atoms with Gasteiger partial charge in [0, 0.05) is 32.5 Å². The molecule has 0 heterocycles. The minimum Gasteiger partial charge on any atom is -0.481 e. The van der Waals surface area contributed by atoms with Crippen LogP contribution in [0.15, 0.2) is 0 Å². The summed E-state index contributed by atoms with van der Waals surface area (Å²) in [6.07, 6.45) is 2.26. The van der Waals surface area contributed by atoms with Gasteiger partial charge >= 0.3 is 12.0 Å². The van der Waals surface area contributed by atoms with Crippen LogP contribution in [0.3, 0.4) is 0 Å². The number of carbonyl (C=O) groups excluding carboxylic acids is 1. The number of methoxy groups -OCH3 is 1. The van der Waals surface area contributed by atoms with Gasteiger partial charge in [-0.2, -0.15) is 11.8 Å². The lowest BCUT2D eigenvalue weighted by Crippen LogP contribution is -2.46. The Balaban J connectivity index is 4.23. The number of amides is 2. The minimum atomic E-state index is -0.941. The van der Waals surface area contributed by atoms with E-state index in [0.29, 0.717) is 0 Å². The molecule has 0 saturated carbocycles. The van der Waals surface area contributed by atoms with Crippen LogP contribution in [0, 0.1) is 0 Å². The fourth-order valence-corrected chi connectivity index (χ4v) is 2.47. The van der Waals surface area contributed by atoms with Crippen LogP contribution in [-0.2, 0) is 9.53 Å². The van der Waals surface area contributed by atoms with Crippen molar-refractivity contribution < 1.29 is 19.4 Å². The second-order valence-corrected chi connectivity index (χ2v) is 5.18. The van der Waals surface area contributed by atoms with Gasteiger partial charge < -0.3 is 20.1 Å². The van der Waals surface area contributed by atoms with Crippen molar-refractivity contribution in [1.82, 2.24) is 10.2 Å². The second-order valence-electron chi connectivity index (χ2n) is 4.27. The molecule has 19 heavy (non-hydrogen) atoms. The topological polar surface area (TPSA) is 78.9 Å². The molecule has 0 aromatic rings. The summed E-state index contributed by atoms with van der Waals surface area (Å²) < 4.78 is 5.01. The summed E-state index contributed by atoms with van der Waals surface area (Å²) in [5, 5.41) is 11.4. The van der Waals surface area contributed by atoms with Gasteiger partial charge in [0.15, 0.2) is 0 Å². The van der Waals surface area contributed by atoms with Gasteiger partial charge in [0.05, 0.1) is 12.5 Å². The number of carboxylic acid groups (broad SMARTS) is 1. The first kappa shape index (κ1) is 18.0. The van der Waals surface area contributed by atoms with Gasteiger partial charge in [-0.3, -0.25) is 4.79 Å². The van der Waals surface area contributed by atoms with Crippen LogP contribution in [0.2, 0.25) is 0 Å². The Morgan fingerprint density at radius 2 is 2.11 bits per heavy atom. The predicted octanol–water partition coefficient (Wildman–Crippen LogP) is 1.26. The second kappa shape index (κ2) is 9.91. The first-order chi connectivity index (χ1) is 8.96. The van der Waals surface area contributed by atoms with Crippen LogP contribution in [-0.4, -0.2) is 66.9 Å². The maximum absolute atomic E-state index is 11.9. The first-order valence-corrected chi connectivity index (χ1v) is 7.59. The number of nitrogens with zero attached hydrogens (tertiary/aromatic N) is 1. The highest BCUT2D eigenvalue weighted by Crippen LogP contribution is 2.08. The molecule has 0 aliphatic carbocycles. The highest BCUT2D eigenvalue weighted by molar-refractivity contribution is 7.98. The largest absolute Gasteiger partial charge is 0.481 e. The van der Waals surface area contributed by atoms with E-state index in [1.54, 1.807) is 23.7 Å². The standard InChI is InChI=1S/C12H24N2O4S/c1-5-9(8-19-4)14(2)12(17)13-7-10(18-3)6-11(15)16/h9-10H,5-8H2,1-4H3,(H,13,17)(H,15,16). The van der Waals surface area contributed by atoms with E-state index in [1.807, 2.05) is 13.2 Å². The number of hydrogen-bond donors (Lipinski definition) is 2. The summed E-state index contributed by atoms with van der Waals surface area (Å²) in [5.74, 6) is -0.0632. The van der Waals surface area contributed by atoms with E-state index in [1.165, 1.54) is 7.11 Å². The van der Waals surface area contributed by atoms with Crippen LogP contribution in [0.4, 0.5) is 4.79 Å². The number of carboxylic acids is 1. The van der Waals surface area contributed by atoms with Gasteiger partial charge in [-0.05, 0) is 12.7 Å². The number of ether oxygens (including phenoxy) is 1. The number of thioether (sulfide) groups is 1. The Bertz CT molecular complexity index is 289. The number of hydrogen-bond acceptors (Lipinski definition) is 4. The molecule has 112 valence electrons. The summed E-state index contributed by atoms with van der Waals surface area (Å²) in [6.45, 7) is 2.23. The van der Waals surface area contributed by atoms with Crippen molar-refractivity contribution in [2.24, 2.45) is 0 Å². The fraction of sp³-hybridized carbons (Fsp3) is 0.833. The zero-order chi connectivity index (χ0) is 14.8. The van der Waals surface area contributed by atoms with Crippen molar-refractivity contribution >= 4 is 23.8 Å². The molecule has 0 radical (unpaired) electrons. The van der Waals surface area contributed by atoms with Crippen LogP contribution in [0.5, 0.6) is 0 Å². The van der Waals surface area contributed by atoms with Crippen LogP contribution >= 0.6 is 11.8 Å². The molecular weight excluding hydrogens is 268 g/mol. The third-order valence-corrected chi connectivity index (χ3v) is 3.63. The summed E-state index contributed by atoms with van der Waals surface area (Å²) in [4.78, 5) is 24.2. The highest BCUT2D eigenvalue weighted by Gasteiger charge is 2.19. The van der Waals surface area contributed by atoms with Gasteiger partial charge in [-0.15, -0.1) is 0 Å². The van der Waals surface area contributed by atoms with E-state index < -0.39 is 12.1 Å². The van der Waals surface area contributed by atoms with E-state index >= 15 is 0 Å². The molecule has 2 unspecified atom stereocenters. The SMILES string of the molecule is CCC(CSC)N(C)C(=O)NCC(CC(=O)O)OC. The molecule has 2 amide bonds. The molecule has 0 saturated heterocycles. The molecule has 0 aromatic carbocycles. The number of aliphatic carboxylic acids is 1. The molecule has 0 aliphatic heterocycles. The monoisotopic (exact) mass is 292 g/mol. The highest BCUT2D eigenvalue weighted by atomic mass is 32.2. The first-order valence-electron chi connectivity index (χ1n) is 6.20. The quantitative estimate of drug-likeness (QED) is 0.669. The van der Waals surface area contributed by atoms with Crippen molar-refractivity contribution in [3.8, 4) is 0 Å². The number of carbonyl (C=O) groups is 2. The summed E-state index contributed by atoms with van der Waals surface area (Å²) in [5.41, 5.74) is 0. The van der Waals surface area contributed by atoms with Crippen molar-refractivity contribution in [3.63, 3.8) is 0 Å². The zero-order valence-corrected chi connectivity index (χ0v) is 12.8. The Kier molecular flexibility index (Phi) is 9.42. The molecule has 2 N–H and O–H groups in total. The Morgan fingerprint density at radius 3 is 2.53 bits per heavy atom. The summed E-state index contributed by atoms with van der Waals surface area (Å²) >= 11 is 1.69. The van der Waals surface area contributed by atoms with Gasteiger partial charge in [-0.25, -0.2) is 4.79 Å². The van der Waals surface area contributed by atoms with Crippen molar-refractivity contribution in [2.45, 2.75) is 31.9 Å². The normalized spacial score (nSPS) is 13.7. The van der Waals surface area contributed by atoms with E-state index in [9.17, 15) is 9.59 Å². The van der Waals surface area contributed by atoms with Crippen molar-refractivity contribution in [1.29, 1.82) is 0 Å². The predicted molar refractivity (Wildman–Crippen MR) is 76.7 cm³/mol. The molecule has 0 spiro atoms. The number of nitrogens with one attached hydrogen (secondary N) is 1. The molecule has 2 atom stereocenters. The fourth-order valence-electron chi connectivity index (χ4n) is 1.62. The lowest BCUT2D eigenvalue weighted by atomic mass is 10.2. The van der Waals surface area contributed by atoms with Crippen molar-refractivity contribution in [3.05, 3.63) is 0 Å². The molecule has 6 nitrogen and oxygen atoms in total. The maximum Gasteiger partial charge on any atom is 0.317 e. The van der Waals surface area contributed by atoms with E-state index in [4.69, 9.17) is 9.84 Å². The van der Waals surface area contributed by atoms with Gasteiger partial charge in [0.1, 0.15) is 0 Å². The maximum atomic E-state index is 11.9. The molecule has 0 bridgehead atoms. The average Bonchev–Trinajstić information content (AvgIpc) is 2.39. The molecule has 0 aliphatic rings. The van der Waals surface area contributed by atoms with Gasteiger partial charge in [0.2, 0.25) is 0 Å². The number of rotatable bonds is 9. The van der Waals surface area contributed by atoms with E-state index in [-0.39, 0.29) is 25.0 Å². The minimum absolute atomic E-state index is 0.123. The van der Waals surface area contributed by atoms with E-state index in [0.717, 1.165) is 12.2 Å². The molecule has 0 aromatic heterocycles. The van der Waals surface area contributed by atoms with Crippen LogP contribution in [0.25, 0.3) is 0 Å². The van der Waals surface area contributed by atoms with Gasteiger partial charge in [0.25, 0.3) is 0 Å². The molecule has 7 heteroatoms. The average molecular weight is 292 g/mol. The van der Waals surface area contributed by atoms with Gasteiger partial charge in [-0.1, -0.05) is 6.92 Å². The summed E-state index contributed by atoms with van der Waals surface area (Å²) in [7, 11) is 3.19. The number of urea groups is 1.